The van der Waals surface area contributed by atoms with E-state index in [9.17, 15) is 8.42 Å². The van der Waals surface area contributed by atoms with E-state index in [4.69, 9.17) is 0 Å². The topological polar surface area (TPSA) is 46.2 Å². The van der Waals surface area contributed by atoms with Crippen LogP contribution in [0.4, 0.5) is 0 Å². The summed E-state index contributed by atoms with van der Waals surface area (Å²) in [6, 6.07) is 0. The van der Waals surface area contributed by atoms with Crippen LogP contribution in [0.2, 0.25) is 0 Å². The highest BCUT2D eigenvalue weighted by Gasteiger charge is 2.21. The second kappa shape index (κ2) is 6.71. The second-order valence-corrected chi connectivity index (χ2v) is 6.82. The summed E-state index contributed by atoms with van der Waals surface area (Å²) >= 11 is 0. The van der Waals surface area contributed by atoms with Gasteiger partial charge in [-0.2, -0.15) is 0 Å². The van der Waals surface area contributed by atoms with E-state index in [0.717, 1.165) is 25.9 Å². The lowest BCUT2D eigenvalue weighted by Gasteiger charge is -2.22. The van der Waals surface area contributed by atoms with E-state index in [-0.39, 0.29) is 18.3 Å². The first-order valence-corrected chi connectivity index (χ1v) is 7.23. The first-order valence-electron chi connectivity index (χ1n) is 5.41. The molecule has 0 unspecified atom stereocenters. The summed E-state index contributed by atoms with van der Waals surface area (Å²) in [6.45, 7) is 5.86. The molecule has 0 atom stereocenters. The smallest absolute Gasteiger partial charge is 0.150 e. The van der Waals surface area contributed by atoms with Gasteiger partial charge in [-0.05, 0) is 37.8 Å². The Morgan fingerprint density at radius 1 is 1.27 bits per heavy atom. The van der Waals surface area contributed by atoms with E-state index >= 15 is 0 Å². The van der Waals surface area contributed by atoms with Crippen molar-refractivity contribution in [1.82, 2.24) is 5.32 Å². The van der Waals surface area contributed by atoms with Gasteiger partial charge in [0.2, 0.25) is 0 Å². The number of sulfone groups is 1. The van der Waals surface area contributed by atoms with Gasteiger partial charge in [0.25, 0.3) is 0 Å². The average Bonchev–Trinajstić information content (AvgIpc) is 2.02. The van der Waals surface area contributed by atoms with Crippen molar-refractivity contribution in [3.8, 4) is 0 Å². The normalized spacial score (nSPS) is 18.9. The average molecular weight is 256 g/mol. The first-order chi connectivity index (χ1) is 6.49. The van der Waals surface area contributed by atoms with Crippen molar-refractivity contribution >= 4 is 22.2 Å². The van der Waals surface area contributed by atoms with E-state index in [1.807, 2.05) is 13.8 Å². The van der Waals surface area contributed by atoms with Gasteiger partial charge in [0.1, 0.15) is 0 Å². The Morgan fingerprint density at radius 3 is 2.27 bits per heavy atom. The van der Waals surface area contributed by atoms with Gasteiger partial charge in [0, 0.05) is 0 Å². The minimum Gasteiger partial charge on any atom is -0.317 e. The lowest BCUT2D eigenvalue weighted by atomic mass is 10.0. The molecule has 5 heteroatoms. The number of piperidine rings is 1. The van der Waals surface area contributed by atoms with Crippen molar-refractivity contribution in [2.24, 2.45) is 11.8 Å². The fourth-order valence-corrected chi connectivity index (χ4v) is 4.19. The summed E-state index contributed by atoms with van der Waals surface area (Å²) in [5.74, 6) is 1.38. The Hall–Kier alpha value is 0.200. The molecule has 0 aliphatic carbocycles. The summed E-state index contributed by atoms with van der Waals surface area (Å²) < 4.78 is 23.4. The molecule has 1 fully saturated rings. The summed E-state index contributed by atoms with van der Waals surface area (Å²) in [4.78, 5) is 0. The zero-order valence-electron chi connectivity index (χ0n) is 9.53. The Labute approximate surface area is 99.3 Å². The van der Waals surface area contributed by atoms with Gasteiger partial charge in [0.05, 0.1) is 11.5 Å². The predicted octanol–water partition coefficient (Wildman–Crippen LogP) is 1.48. The second-order valence-electron chi connectivity index (χ2n) is 4.66. The van der Waals surface area contributed by atoms with Gasteiger partial charge < -0.3 is 5.32 Å². The van der Waals surface area contributed by atoms with Crippen LogP contribution < -0.4 is 5.32 Å². The SMILES string of the molecule is CC(C)CS(=O)(=O)CC1CCNCC1.Cl. The third kappa shape index (κ3) is 6.38. The minimum atomic E-state index is -2.81. The maximum absolute atomic E-state index is 11.7. The maximum atomic E-state index is 11.7. The molecule has 15 heavy (non-hydrogen) atoms. The number of hydrogen-bond donors (Lipinski definition) is 1. The molecule has 0 saturated carbocycles. The zero-order chi connectivity index (χ0) is 10.6. The van der Waals surface area contributed by atoms with E-state index in [2.05, 4.69) is 5.32 Å². The molecular formula is C10H22ClNO2S. The van der Waals surface area contributed by atoms with Crippen molar-refractivity contribution < 1.29 is 8.42 Å². The van der Waals surface area contributed by atoms with E-state index in [1.54, 1.807) is 0 Å². The van der Waals surface area contributed by atoms with Gasteiger partial charge in [-0.1, -0.05) is 13.8 Å². The Morgan fingerprint density at radius 2 is 1.80 bits per heavy atom. The quantitative estimate of drug-likeness (QED) is 0.828. The minimum absolute atomic E-state index is 0. The van der Waals surface area contributed by atoms with Crippen LogP contribution in [-0.2, 0) is 9.84 Å². The van der Waals surface area contributed by atoms with Crippen LogP contribution in [-0.4, -0.2) is 33.0 Å². The first kappa shape index (κ1) is 15.2. The predicted molar refractivity (Wildman–Crippen MR) is 66.3 cm³/mol. The summed E-state index contributed by atoms with van der Waals surface area (Å²) in [5, 5.41) is 3.25. The van der Waals surface area contributed by atoms with Gasteiger partial charge in [-0.25, -0.2) is 8.42 Å². The Balaban J connectivity index is 0.00000196. The van der Waals surface area contributed by atoms with Crippen LogP contribution in [0.25, 0.3) is 0 Å². The number of rotatable bonds is 4. The molecule has 0 radical (unpaired) electrons. The van der Waals surface area contributed by atoms with Crippen LogP contribution in [0.1, 0.15) is 26.7 Å². The van der Waals surface area contributed by atoms with Crippen molar-refractivity contribution in [2.75, 3.05) is 24.6 Å². The molecule has 1 rings (SSSR count). The molecule has 1 N–H and O–H groups in total. The zero-order valence-corrected chi connectivity index (χ0v) is 11.2. The lowest BCUT2D eigenvalue weighted by Crippen LogP contribution is -2.32. The standard InChI is InChI=1S/C10H21NO2S.ClH/c1-9(2)7-14(12,13)8-10-3-5-11-6-4-10;/h9-11H,3-8H2,1-2H3;1H. The van der Waals surface area contributed by atoms with Crippen LogP contribution in [0.5, 0.6) is 0 Å². The third-order valence-electron chi connectivity index (χ3n) is 2.54. The van der Waals surface area contributed by atoms with Crippen molar-refractivity contribution in [1.29, 1.82) is 0 Å². The summed E-state index contributed by atoms with van der Waals surface area (Å²) in [5.41, 5.74) is 0. The molecule has 0 amide bonds. The highest BCUT2D eigenvalue weighted by molar-refractivity contribution is 7.91. The maximum Gasteiger partial charge on any atom is 0.150 e. The van der Waals surface area contributed by atoms with Gasteiger partial charge >= 0.3 is 0 Å². The van der Waals surface area contributed by atoms with Crippen LogP contribution >= 0.6 is 12.4 Å². The molecule has 0 bridgehead atoms. The molecule has 92 valence electrons. The largest absolute Gasteiger partial charge is 0.317 e. The Kier molecular flexibility index (Phi) is 6.80. The highest BCUT2D eigenvalue weighted by Crippen LogP contribution is 2.15. The molecule has 0 spiro atoms. The molecule has 3 nitrogen and oxygen atoms in total. The lowest BCUT2D eigenvalue weighted by molar-refractivity contribution is 0.401. The fraction of sp³-hybridized carbons (Fsp3) is 1.00. The van der Waals surface area contributed by atoms with Crippen LogP contribution in [0.15, 0.2) is 0 Å². The molecule has 0 aromatic carbocycles. The summed E-state index contributed by atoms with van der Waals surface area (Å²) in [7, 11) is -2.81. The molecule has 1 saturated heterocycles. The fourth-order valence-electron chi connectivity index (χ4n) is 1.98. The Bertz CT molecular complexity index is 259. The van der Waals surface area contributed by atoms with Gasteiger partial charge in [-0.15, -0.1) is 12.4 Å². The number of hydrogen-bond acceptors (Lipinski definition) is 3. The molecule has 0 aromatic heterocycles. The molecule has 1 aliphatic heterocycles. The molecule has 1 heterocycles. The van der Waals surface area contributed by atoms with Crippen LogP contribution in [0.3, 0.4) is 0 Å². The third-order valence-corrected chi connectivity index (χ3v) is 4.69. The van der Waals surface area contributed by atoms with E-state index in [1.165, 1.54) is 0 Å². The van der Waals surface area contributed by atoms with Gasteiger partial charge in [0.15, 0.2) is 9.84 Å². The molecule has 1 aliphatic rings. The van der Waals surface area contributed by atoms with Crippen molar-refractivity contribution in [2.45, 2.75) is 26.7 Å². The van der Waals surface area contributed by atoms with E-state index in [0.29, 0.717) is 17.4 Å². The summed E-state index contributed by atoms with van der Waals surface area (Å²) in [6.07, 6.45) is 2.02. The monoisotopic (exact) mass is 255 g/mol. The van der Waals surface area contributed by atoms with Crippen molar-refractivity contribution in [3.05, 3.63) is 0 Å². The van der Waals surface area contributed by atoms with E-state index < -0.39 is 9.84 Å². The van der Waals surface area contributed by atoms with Crippen molar-refractivity contribution in [3.63, 3.8) is 0 Å². The highest BCUT2D eigenvalue weighted by atomic mass is 35.5. The molecular weight excluding hydrogens is 234 g/mol. The number of nitrogens with one attached hydrogen (secondary N) is 1. The molecule has 0 aromatic rings. The van der Waals surface area contributed by atoms with Gasteiger partial charge in [-0.3, -0.25) is 0 Å². The number of halogens is 1. The van der Waals surface area contributed by atoms with Crippen LogP contribution in [0, 0.1) is 11.8 Å².